The molecule has 5 heteroatoms. The Morgan fingerprint density at radius 2 is 2.10 bits per heavy atom. The molecule has 2 N–H and O–H groups in total. The van der Waals surface area contributed by atoms with Gasteiger partial charge in [-0.15, -0.1) is 5.10 Å². The number of hydrogen-bond donors (Lipinski definition) is 2. The molecule has 1 heterocycles. The molecule has 0 saturated heterocycles. The van der Waals surface area contributed by atoms with E-state index < -0.39 is 0 Å². The third-order valence-corrected chi connectivity index (χ3v) is 4.12. The Hall–Kier alpha value is -2.17. The van der Waals surface area contributed by atoms with Gasteiger partial charge in [-0.3, -0.25) is 9.89 Å². The summed E-state index contributed by atoms with van der Waals surface area (Å²) < 4.78 is 0. The standard InChI is InChI=1S/C15H18N4O/c20-14(13-10-17-19-18-13)16-11-15(7-4-8-15)9-12-5-2-1-3-6-12/h1-3,5-6,10H,4,7-9,11H2,(H,16,20)(H,17,18,19). The van der Waals surface area contributed by atoms with Crippen LogP contribution in [-0.2, 0) is 6.42 Å². The Morgan fingerprint density at radius 3 is 2.70 bits per heavy atom. The highest BCUT2D eigenvalue weighted by Crippen LogP contribution is 2.43. The summed E-state index contributed by atoms with van der Waals surface area (Å²) in [5, 5.41) is 12.8. The summed E-state index contributed by atoms with van der Waals surface area (Å²) in [6.07, 6.45) is 6.05. The molecule has 1 aliphatic carbocycles. The number of nitrogens with zero attached hydrogens (tertiary/aromatic N) is 2. The van der Waals surface area contributed by atoms with Crippen LogP contribution in [0.25, 0.3) is 0 Å². The van der Waals surface area contributed by atoms with Gasteiger partial charge in [0.05, 0.1) is 6.20 Å². The first-order valence-corrected chi connectivity index (χ1v) is 6.96. The molecule has 5 nitrogen and oxygen atoms in total. The quantitative estimate of drug-likeness (QED) is 0.872. The van der Waals surface area contributed by atoms with E-state index in [2.05, 4.69) is 45.0 Å². The predicted molar refractivity (Wildman–Crippen MR) is 75.1 cm³/mol. The van der Waals surface area contributed by atoms with Crippen LogP contribution in [0.3, 0.4) is 0 Å². The Balaban J connectivity index is 1.61. The molecule has 1 aliphatic rings. The van der Waals surface area contributed by atoms with Crippen LogP contribution in [0.5, 0.6) is 0 Å². The summed E-state index contributed by atoms with van der Waals surface area (Å²) in [5.41, 5.74) is 1.97. The Bertz CT molecular complexity index is 561. The highest BCUT2D eigenvalue weighted by atomic mass is 16.1. The number of carbonyl (C=O) groups is 1. The molecule has 1 amide bonds. The van der Waals surface area contributed by atoms with E-state index in [1.165, 1.54) is 31.0 Å². The number of rotatable bonds is 5. The minimum atomic E-state index is -0.130. The number of amides is 1. The van der Waals surface area contributed by atoms with Gasteiger partial charge in [-0.2, -0.15) is 0 Å². The van der Waals surface area contributed by atoms with Crippen molar-refractivity contribution in [2.45, 2.75) is 25.7 Å². The zero-order chi connectivity index (χ0) is 13.8. The maximum atomic E-state index is 11.9. The van der Waals surface area contributed by atoms with Crippen molar-refractivity contribution in [3.8, 4) is 0 Å². The van der Waals surface area contributed by atoms with Gasteiger partial charge in [0.2, 0.25) is 0 Å². The van der Waals surface area contributed by atoms with Crippen LogP contribution in [0.1, 0.15) is 35.3 Å². The van der Waals surface area contributed by atoms with Crippen molar-refractivity contribution in [3.63, 3.8) is 0 Å². The molecule has 0 atom stereocenters. The van der Waals surface area contributed by atoms with Crippen molar-refractivity contribution in [1.82, 2.24) is 20.7 Å². The van der Waals surface area contributed by atoms with E-state index in [1.54, 1.807) is 0 Å². The number of benzene rings is 1. The van der Waals surface area contributed by atoms with E-state index in [0.717, 1.165) is 6.42 Å². The molecule has 0 unspecified atom stereocenters. The molecule has 104 valence electrons. The van der Waals surface area contributed by atoms with Crippen molar-refractivity contribution >= 4 is 5.91 Å². The molecule has 0 aliphatic heterocycles. The van der Waals surface area contributed by atoms with Gasteiger partial charge >= 0.3 is 0 Å². The molecule has 1 saturated carbocycles. The molecule has 1 aromatic heterocycles. The molecule has 0 bridgehead atoms. The molecule has 0 spiro atoms. The molecule has 0 radical (unpaired) electrons. The second kappa shape index (κ2) is 5.45. The van der Waals surface area contributed by atoms with Crippen molar-refractivity contribution in [2.75, 3.05) is 6.54 Å². The summed E-state index contributed by atoms with van der Waals surface area (Å²) in [6.45, 7) is 0.708. The van der Waals surface area contributed by atoms with Crippen LogP contribution in [0.15, 0.2) is 36.5 Å². The fourth-order valence-corrected chi connectivity index (χ4v) is 2.79. The number of H-pyrrole nitrogens is 1. The third kappa shape index (κ3) is 2.71. The largest absolute Gasteiger partial charge is 0.350 e. The first-order valence-electron chi connectivity index (χ1n) is 6.96. The van der Waals surface area contributed by atoms with Crippen molar-refractivity contribution < 1.29 is 4.79 Å². The summed E-state index contributed by atoms with van der Waals surface area (Å²) in [4.78, 5) is 11.9. The SMILES string of the molecule is O=C(NCC1(Cc2ccccc2)CCC1)c1cnn[nH]1. The monoisotopic (exact) mass is 270 g/mol. The number of aromatic nitrogens is 3. The molecule has 3 rings (SSSR count). The summed E-state index contributed by atoms with van der Waals surface area (Å²) in [7, 11) is 0. The first-order chi connectivity index (χ1) is 9.77. The fraction of sp³-hybridized carbons (Fsp3) is 0.400. The molecule has 2 aromatic rings. The topological polar surface area (TPSA) is 70.7 Å². The molecule has 20 heavy (non-hydrogen) atoms. The highest BCUT2D eigenvalue weighted by Gasteiger charge is 2.37. The van der Waals surface area contributed by atoms with E-state index in [9.17, 15) is 4.79 Å². The van der Waals surface area contributed by atoms with Gasteiger partial charge in [0.1, 0.15) is 5.69 Å². The number of nitrogens with one attached hydrogen (secondary N) is 2. The lowest BCUT2D eigenvalue weighted by Gasteiger charge is -2.42. The van der Waals surface area contributed by atoms with Crippen molar-refractivity contribution in [1.29, 1.82) is 0 Å². The average molecular weight is 270 g/mol. The average Bonchev–Trinajstić information content (AvgIpc) is 2.96. The van der Waals surface area contributed by atoms with Crippen LogP contribution in [-0.4, -0.2) is 27.9 Å². The van der Waals surface area contributed by atoms with Crippen LogP contribution >= 0.6 is 0 Å². The third-order valence-electron chi connectivity index (χ3n) is 4.12. The molecule has 1 fully saturated rings. The minimum Gasteiger partial charge on any atom is -0.350 e. The Kier molecular flexibility index (Phi) is 3.50. The van der Waals surface area contributed by atoms with Crippen molar-refractivity contribution in [3.05, 3.63) is 47.8 Å². The molecule has 1 aromatic carbocycles. The lowest BCUT2D eigenvalue weighted by atomic mass is 9.65. The van der Waals surface area contributed by atoms with Gasteiger partial charge in [0.15, 0.2) is 0 Å². The summed E-state index contributed by atoms with van der Waals surface area (Å²) in [5.74, 6) is -0.130. The van der Waals surface area contributed by atoms with E-state index >= 15 is 0 Å². The normalized spacial score (nSPS) is 16.4. The van der Waals surface area contributed by atoms with E-state index in [4.69, 9.17) is 0 Å². The van der Waals surface area contributed by atoms with Crippen LogP contribution < -0.4 is 5.32 Å². The van der Waals surface area contributed by atoms with Crippen molar-refractivity contribution in [2.24, 2.45) is 5.41 Å². The van der Waals surface area contributed by atoms with E-state index in [0.29, 0.717) is 12.2 Å². The van der Waals surface area contributed by atoms with Gasteiger partial charge in [-0.1, -0.05) is 42.0 Å². The number of aromatic amines is 1. The number of carbonyl (C=O) groups excluding carboxylic acids is 1. The lowest BCUT2D eigenvalue weighted by molar-refractivity contribution is 0.0855. The first kappa shape index (κ1) is 12.8. The maximum Gasteiger partial charge on any atom is 0.270 e. The summed E-state index contributed by atoms with van der Waals surface area (Å²) in [6, 6.07) is 10.5. The highest BCUT2D eigenvalue weighted by molar-refractivity contribution is 5.91. The number of hydrogen-bond acceptors (Lipinski definition) is 3. The zero-order valence-electron chi connectivity index (χ0n) is 11.3. The lowest BCUT2D eigenvalue weighted by Crippen LogP contribution is -2.43. The molecular weight excluding hydrogens is 252 g/mol. The van der Waals surface area contributed by atoms with Gasteiger partial charge < -0.3 is 5.32 Å². The second-order valence-corrected chi connectivity index (χ2v) is 5.57. The van der Waals surface area contributed by atoms with Crippen LogP contribution in [0, 0.1) is 5.41 Å². The van der Waals surface area contributed by atoms with Crippen LogP contribution in [0.2, 0.25) is 0 Å². The zero-order valence-corrected chi connectivity index (χ0v) is 11.3. The fourth-order valence-electron chi connectivity index (χ4n) is 2.79. The van der Waals surface area contributed by atoms with Crippen LogP contribution in [0.4, 0.5) is 0 Å². The van der Waals surface area contributed by atoms with E-state index in [-0.39, 0.29) is 11.3 Å². The molecular formula is C15H18N4O. The summed E-state index contributed by atoms with van der Waals surface area (Å²) >= 11 is 0. The predicted octanol–water partition coefficient (Wildman–Crippen LogP) is 1.95. The Labute approximate surface area is 117 Å². The Morgan fingerprint density at radius 1 is 1.30 bits per heavy atom. The maximum absolute atomic E-state index is 11.9. The smallest absolute Gasteiger partial charge is 0.270 e. The van der Waals surface area contributed by atoms with E-state index in [1.807, 2.05) is 6.07 Å². The van der Waals surface area contributed by atoms with Gasteiger partial charge in [0, 0.05) is 6.54 Å². The minimum absolute atomic E-state index is 0.130. The second-order valence-electron chi connectivity index (χ2n) is 5.57. The van der Waals surface area contributed by atoms with Gasteiger partial charge in [-0.25, -0.2) is 0 Å². The van der Waals surface area contributed by atoms with Gasteiger partial charge in [0.25, 0.3) is 5.91 Å². The van der Waals surface area contributed by atoms with Gasteiger partial charge in [-0.05, 0) is 30.2 Å².